The predicted octanol–water partition coefficient (Wildman–Crippen LogP) is -0.667. The molecule has 0 radical (unpaired) electrons. The van der Waals surface area contributed by atoms with Crippen molar-refractivity contribution in [3.8, 4) is 0 Å². The molecule has 8 nitrogen and oxygen atoms in total. The predicted molar refractivity (Wildman–Crippen MR) is 65.5 cm³/mol. The number of amides is 1. The van der Waals surface area contributed by atoms with E-state index in [0.717, 1.165) is 4.90 Å². The Balaban J connectivity index is 4.40. The Morgan fingerprint density at radius 3 is 1.79 bits per heavy atom. The van der Waals surface area contributed by atoms with E-state index in [1.807, 2.05) is 19.0 Å². The van der Waals surface area contributed by atoms with Crippen molar-refractivity contribution in [2.75, 3.05) is 54.6 Å². The molecule has 0 saturated carbocycles. The van der Waals surface area contributed by atoms with E-state index in [4.69, 9.17) is 4.74 Å². The van der Waals surface area contributed by atoms with Gasteiger partial charge in [-0.2, -0.15) is 0 Å². The fourth-order valence-electron chi connectivity index (χ4n) is 1.03. The zero-order valence-corrected chi connectivity index (χ0v) is 11.7. The van der Waals surface area contributed by atoms with E-state index in [9.17, 15) is 14.4 Å². The molecule has 110 valence electrons. The largest absolute Gasteiger partial charge is 0.468 e. The Kier molecular flexibility index (Phi) is 8.27. The van der Waals surface area contributed by atoms with Crippen molar-refractivity contribution in [1.29, 1.82) is 0 Å². The van der Waals surface area contributed by atoms with Gasteiger partial charge in [0.15, 0.2) is 0 Å². The summed E-state index contributed by atoms with van der Waals surface area (Å²) in [7, 11) is 6.04. The first-order valence-corrected chi connectivity index (χ1v) is 5.60. The van der Waals surface area contributed by atoms with Gasteiger partial charge in [-0.1, -0.05) is 0 Å². The molecule has 19 heavy (non-hydrogen) atoms. The van der Waals surface area contributed by atoms with Crippen LogP contribution in [0, 0.1) is 0 Å². The molecule has 0 aromatic heterocycles. The molecule has 0 aromatic rings. The van der Waals surface area contributed by atoms with Crippen molar-refractivity contribution in [3.63, 3.8) is 0 Å². The second-order valence-electron chi connectivity index (χ2n) is 3.93. The van der Waals surface area contributed by atoms with Crippen LogP contribution in [0.25, 0.3) is 0 Å². The van der Waals surface area contributed by atoms with Crippen molar-refractivity contribution in [3.05, 3.63) is 0 Å². The first kappa shape index (κ1) is 17.2. The van der Waals surface area contributed by atoms with Crippen LogP contribution in [0.15, 0.2) is 0 Å². The van der Waals surface area contributed by atoms with Gasteiger partial charge in [-0.25, -0.2) is 4.79 Å². The zero-order chi connectivity index (χ0) is 14.8. The van der Waals surface area contributed by atoms with Crippen molar-refractivity contribution in [2.45, 2.75) is 0 Å². The van der Waals surface area contributed by atoms with Gasteiger partial charge in [0.05, 0.1) is 14.2 Å². The molecule has 0 saturated heterocycles. The van der Waals surface area contributed by atoms with E-state index >= 15 is 0 Å². The molecule has 0 spiro atoms. The van der Waals surface area contributed by atoms with Crippen LogP contribution < -0.4 is 0 Å². The lowest BCUT2D eigenvalue weighted by atomic mass is 10.5. The number of hydrogen-bond donors (Lipinski definition) is 0. The Hall–Kier alpha value is -1.83. The van der Waals surface area contributed by atoms with Gasteiger partial charge in [-0.3, -0.25) is 14.5 Å². The molecule has 0 fully saturated rings. The Morgan fingerprint density at radius 1 is 0.947 bits per heavy atom. The fourth-order valence-corrected chi connectivity index (χ4v) is 1.03. The average molecular weight is 276 g/mol. The van der Waals surface area contributed by atoms with Crippen molar-refractivity contribution >= 4 is 18.0 Å². The maximum Gasteiger partial charge on any atom is 0.410 e. The molecular formula is C11H20N2O6. The van der Waals surface area contributed by atoms with Gasteiger partial charge < -0.3 is 19.1 Å². The SMILES string of the molecule is COC(=O)CN(CC(=O)OC)C(=O)OCCN(C)C. The normalized spacial score (nSPS) is 9.95. The molecule has 0 rings (SSSR count). The van der Waals surface area contributed by atoms with Crippen molar-refractivity contribution in [2.24, 2.45) is 0 Å². The highest BCUT2D eigenvalue weighted by Gasteiger charge is 2.22. The van der Waals surface area contributed by atoms with Gasteiger partial charge in [0.2, 0.25) is 0 Å². The monoisotopic (exact) mass is 276 g/mol. The number of hydrogen-bond acceptors (Lipinski definition) is 7. The van der Waals surface area contributed by atoms with Crippen LogP contribution in [0.1, 0.15) is 0 Å². The highest BCUT2D eigenvalue weighted by atomic mass is 16.6. The number of carbonyl (C=O) groups is 3. The highest BCUT2D eigenvalue weighted by Crippen LogP contribution is 1.97. The van der Waals surface area contributed by atoms with Crippen LogP contribution in [0.5, 0.6) is 0 Å². The lowest BCUT2D eigenvalue weighted by molar-refractivity contribution is -0.145. The summed E-state index contributed by atoms with van der Waals surface area (Å²) in [5.41, 5.74) is 0. The number of rotatable bonds is 7. The van der Waals surface area contributed by atoms with Crippen LogP contribution in [0.4, 0.5) is 4.79 Å². The first-order valence-electron chi connectivity index (χ1n) is 5.60. The van der Waals surface area contributed by atoms with Gasteiger partial charge in [0.25, 0.3) is 0 Å². The number of nitrogens with zero attached hydrogens (tertiary/aromatic N) is 2. The Bertz CT molecular complexity index is 300. The summed E-state index contributed by atoms with van der Waals surface area (Å²) in [6, 6.07) is 0. The second-order valence-corrected chi connectivity index (χ2v) is 3.93. The summed E-state index contributed by atoms with van der Waals surface area (Å²) in [6.45, 7) is -0.0422. The average Bonchev–Trinajstić information content (AvgIpc) is 2.36. The highest BCUT2D eigenvalue weighted by molar-refractivity contribution is 5.82. The molecule has 0 aliphatic rings. The third-order valence-electron chi connectivity index (χ3n) is 2.12. The number of methoxy groups -OCH3 is 2. The molecule has 0 heterocycles. The van der Waals surface area contributed by atoms with Gasteiger partial charge in [0.1, 0.15) is 19.7 Å². The Morgan fingerprint density at radius 2 is 1.42 bits per heavy atom. The number of ether oxygens (including phenoxy) is 3. The van der Waals surface area contributed by atoms with E-state index in [2.05, 4.69) is 9.47 Å². The molecular weight excluding hydrogens is 256 g/mol. The number of likely N-dealkylation sites (N-methyl/N-ethyl adjacent to an activating group) is 1. The van der Waals surface area contributed by atoms with Crippen LogP contribution in [0.3, 0.4) is 0 Å². The summed E-state index contributed by atoms with van der Waals surface area (Å²) in [5.74, 6) is -1.29. The van der Waals surface area contributed by atoms with E-state index in [1.165, 1.54) is 14.2 Å². The zero-order valence-electron chi connectivity index (χ0n) is 11.7. The summed E-state index contributed by atoms with van der Waals surface area (Å²) in [5, 5.41) is 0. The molecule has 8 heteroatoms. The molecule has 0 aliphatic carbocycles. The van der Waals surface area contributed by atoms with Crippen LogP contribution in [-0.2, 0) is 23.8 Å². The summed E-state index contributed by atoms with van der Waals surface area (Å²) < 4.78 is 13.8. The van der Waals surface area contributed by atoms with Gasteiger partial charge >= 0.3 is 18.0 Å². The molecule has 0 N–H and O–H groups in total. The van der Waals surface area contributed by atoms with Crippen LogP contribution in [0.2, 0.25) is 0 Å². The molecule has 0 atom stereocenters. The summed E-state index contributed by atoms with van der Waals surface area (Å²) in [4.78, 5) is 36.7. The van der Waals surface area contributed by atoms with Crippen LogP contribution >= 0.6 is 0 Å². The third-order valence-corrected chi connectivity index (χ3v) is 2.12. The Labute approximate surface area is 112 Å². The first-order chi connectivity index (χ1) is 8.90. The van der Waals surface area contributed by atoms with Gasteiger partial charge in [-0.05, 0) is 14.1 Å². The minimum atomic E-state index is -0.766. The second kappa shape index (κ2) is 9.15. The van der Waals surface area contributed by atoms with Crippen molar-refractivity contribution < 1.29 is 28.6 Å². The fraction of sp³-hybridized carbons (Fsp3) is 0.727. The molecule has 0 aromatic carbocycles. The van der Waals surface area contributed by atoms with Gasteiger partial charge in [0, 0.05) is 6.54 Å². The van der Waals surface area contributed by atoms with Gasteiger partial charge in [-0.15, -0.1) is 0 Å². The van der Waals surface area contributed by atoms with Crippen molar-refractivity contribution in [1.82, 2.24) is 9.80 Å². The molecule has 0 aliphatic heterocycles. The molecule has 0 unspecified atom stereocenters. The summed E-state index contributed by atoms with van der Waals surface area (Å²) >= 11 is 0. The smallest absolute Gasteiger partial charge is 0.410 e. The van der Waals surface area contributed by atoms with E-state index in [0.29, 0.717) is 6.54 Å². The van der Waals surface area contributed by atoms with E-state index < -0.39 is 18.0 Å². The summed E-state index contributed by atoms with van der Waals surface area (Å²) in [6.07, 6.45) is -0.766. The van der Waals surface area contributed by atoms with E-state index in [-0.39, 0.29) is 19.7 Å². The third kappa shape index (κ3) is 7.98. The quantitative estimate of drug-likeness (QED) is 0.450. The minimum absolute atomic E-state index is 0.157. The number of esters is 2. The molecule has 0 bridgehead atoms. The topological polar surface area (TPSA) is 85.4 Å². The molecule has 1 amide bonds. The minimum Gasteiger partial charge on any atom is -0.468 e. The standard InChI is InChI=1S/C11H20N2O6/c1-12(2)5-6-19-11(16)13(7-9(14)17-3)8-10(15)18-4/h5-8H2,1-4H3. The maximum atomic E-state index is 11.7. The number of carbonyl (C=O) groups excluding carboxylic acids is 3. The lowest BCUT2D eigenvalue weighted by Gasteiger charge is -2.20. The van der Waals surface area contributed by atoms with Crippen LogP contribution in [-0.4, -0.2) is 82.4 Å². The maximum absolute atomic E-state index is 11.7. The lowest BCUT2D eigenvalue weighted by Crippen LogP contribution is -2.41. The van der Waals surface area contributed by atoms with E-state index in [1.54, 1.807) is 0 Å².